The monoisotopic (exact) mass is 405 g/mol. The second-order valence-electron chi connectivity index (χ2n) is 6.84. The number of methoxy groups -OCH3 is 1. The van der Waals surface area contributed by atoms with Crippen molar-refractivity contribution < 1.29 is 9.53 Å². The summed E-state index contributed by atoms with van der Waals surface area (Å²) in [5.74, 6) is -0.134. The zero-order chi connectivity index (χ0) is 19.1. The van der Waals surface area contributed by atoms with E-state index in [-0.39, 0.29) is 12.0 Å². The van der Waals surface area contributed by atoms with Gasteiger partial charge in [0.2, 0.25) is 0 Å². The number of hydrogen-bond acceptors (Lipinski definition) is 5. The molecule has 0 aliphatic carbocycles. The van der Waals surface area contributed by atoms with Gasteiger partial charge in [-0.1, -0.05) is 18.6 Å². The molecule has 2 heterocycles. The van der Waals surface area contributed by atoms with E-state index >= 15 is 0 Å². The number of likely N-dealkylation sites (tertiary alicyclic amines) is 1. The number of thiazole rings is 1. The van der Waals surface area contributed by atoms with Crippen LogP contribution in [0.5, 0.6) is 0 Å². The van der Waals surface area contributed by atoms with Crippen molar-refractivity contribution in [2.45, 2.75) is 51.0 Å². The van der Waals surface area contributed by atoms with E-state index in [4.69, 9.17) is 17.2 Å². The van der Waals surface area contributed by atoms with E-state index in [9.17, 15) is 4.79 Å². The Bertz CT molecular complexity index is 744. The fourth-order valence-corrected chi connectivity index (χ4v) is 4.87. The predicted octanol–water partition coefficient (Wildman–Crippen LogP) is 4.43. The van der Waals surface area contributed by atoms with Gasteiger partial charge in [-0.3, -0.25) is 4.79 Å². The van der Waals surface area contributed by atoms with Crippen LogP contribution in [-0.4, -0.2) is 41.2 Å². The number of unbranched alkanes of at least 4 members (excludes halogenated alkanes) is 2. The third-order valence-electron chi connectivity index (χ3n) is 4.92. The Labute approximate surface area is 170 Å². The van der Waals surface area contributed by atoms with E-state index in [1.807, 2.05) is 6.07 Å². The molecule has 0 amide bonds. The highest BCUT2D eigenvalue weighted by Crippen LogP contribution is 2.35. The van der Waals surface area contributed by atoms with E-state index in [1.165, 1.54) is 24.7 Å². The van der Waals surface area contributed by atoms with Crippen LogP contribution in [0, 0.1) is 0 Å². The number of benzene rings is 1. The highest BCUT2D eigenvalue weighted by atomic mass is 32.1. The molecule has 146 valence electrons. The molecule has 0 saturated carbocycles. The van der Waals surface area contributed by atoms with Crippen LogP contribution in [0.3, 0.4) is 0 Å². The molecule has 0 unspecified atom stereocenters. The normalized spacial score (nSPS) is 17.1. The summed E-state index contributed by atoms with van der Waals surface area (Å²) in [5, 5.41) is 5.40. The van der Waals surface area contributed by atoms with E-state index < -0.39 is 0 Å². The van der Waals surface area contributed by atoms with E-state index in [1.54, 1.807) is 11.3 Å². The number of hydrogen-bond donors (Lipinski definition) is 1. The maximum Gasteiger partial charge on any atom is 0.305 e. The first-order chi connectivity index (χ1) is 13.2. The number of aromatic nitrogens is 1. The van der Waals surface area contributed by atoms with Gasteiger partial charge in [0.05, 0.1) is 23.4 Å². The lowest BCUT2D eigenvalue weighted by Gasteiger charge is -2.36. The quantitative estimate of drug-likeness (QED) is 0.418. The summed E-state index contributed by atoms with van der Waals surface area (Å²) in [5.41, 5.74) is 1.08. The summed E-state index contributed by atoms with van der Waals surface area (Å²) < 4.78 is 5.90. The van der Waals surface area contributed by atoms with Crippen molar-refractivity contribution in [2.24, 2.45) is 0 Å². The first-order valence-corrected chi connectivity index (χ1v) is 10.9. The van der Waals surface area contributed by atoms with Crippen molar-refractivity contribution in [1.82, 2.24) is 15.2 Å². The molecule has 1 aliphatic rings. The Morgan fingerprint density at radius 3 is 3.00 bits per heavy atom. The summed E-state index contributed by atoms with van der Waals surface area (Å²) in [6, 6.07) is 8.59. The minimum Gasteiger partial charge on any atom is -0.469 e. The molecular weight excluding hydrogens is 378 g/mol. The van der Waals surface area contributed by atoms with Crippen molar-refractivity contribution >= 4 is 44.9 Å². The van der Waals surface area contributed by atoms with Gasteiger partial charge >= 0.3 is 5.97 Å². The zero-order valence-corrected chi connectivity index (χ0v) is 17.4. The Balaban J connectivity index is 1.52. The Morgan fingerprint density at radius 2 is 2.19 bits per heavy atom. The molecule has 5 nitrogen and oxygen atoms in total. The Hall–Kier alpha value is -1.73. The third kappa shape index (κ3) is 5.39. The lowest BCUT2D eigenvalue weighted by Crippen LogP contribution is -2.44. The largest absolute Gasteiger partial charge is 0.469 e. The molecule has 1 aromatic carbocycles. The van der Waals surface area contributed by atoms with Gasteiger partial charge < -0.3 is 15.0 Å². The molecule has 0 bridgehead atoms. The highest BCUT2D eigenvalue weighted by Gasteiger charge is 2.28. The number of fused-ring (bicyclic) bond motifs is 1. The fraction of sp³-hybridized carbons (Fsp3) is 0.550. The van der Waals surface area contributed by atoms with Crippen molar-refractivity contribution in [2.75, 3.05) is 20.2 Å². The molecule has 1 atom stereocenters. The van der Waals surface area contributed by atoms with Gasteiger partial charge in [-0.05, 0) is 56.5 Å². The van der Waals surface area contributed by atoms with Gasteiger partial charge in [-0.15, -0.1) is 11.3 Å². The number of para-hydroxylation sites is 1. The smallest absolute Gasteiger partial charge is 0.305 e. The Morgan fingerprint density at radius 1 is 1.33 bits per heavy atom. The van der Waals surface area contributed by atoms with Gasteiger partial charge in [0, 0.05) is 19.5 Å². The molecule has 1 N–H and O–H groups in total. The number of esters is 1. The number of carbonyl (C=O) groups excluding carboxylic acids is 1. The number of carbonyl (C=O) groups is 1. The lowest BCUT2D eigenvalue weighted by molar-refractivity contribution is -0.140. The van der Waals surface area contributed by atoms with Crippen molar-refractivity contribution in [3.63, 3.8) is 0 Å². The van der Waals surface area contributed by atoms with Crippen LogP contribution in [-0.2, 0) is 9.53 Å². The third-order valence-corrected chi connectivity index (χ3v) is 6.44. The second kappa shape index (κ2) is 9.99. The van der Waals surface area contributed by atoms with E-state index in [2.05, 4.69) is 33.2 Å². The SMILES string of the molecule is COC(=O)CCCCCNC(=S)N1CCCC[C@H]1c1nc2ccccc2s1. The minimum absolute atomic E-state index is 0.134. The van der Waals surface area contributed by atoms with Gasteiger partial charge in [0.15, 0.2) is 5.11 Å². The standard InChI is InChI=1S/C20H27N3O2S2/c1-25-18(24)12-3-2-7-13-21-20(26)23-14-8-6-10-16(23)19-22-15-9-4-5-11-17(15)27-19/h4-5,9,11,16H,2-3,6-8,10,12-14H2,1H3,(H,21,26)/t16-/m0/s1. The first kappa shape index (κ1) is 20.0. The van der Waals surface area contributed by atoms with Crippen LogP contribution < -0.4 is 5.32 Å². The molecule has 1 aromatic heterocycles. The minimum atomic E-state index is -0.134. The molecule has 7 heteroatoms. The number of ether oxygens (including phenoxy) is 1. The molecule has 0 spiro atoms. The first-order valence-electron chi connectivity index (χ1n) is 9.66. The Kier molecular flexibility index (Phi) is 7.41. The van der Waals surface area contributed by atoms with Crippen LogP contribution in [0.1, 0.15) is 56.0 Å². The number of piperidine rings is 1. The summed E-state index contributed by atoms with van der Waals surface area (Å²) in [6.07, 6.45) is 6.82. The van der Waals surface area contributed by atoms with Gasteiger partial charge in [0.1, 0.15) is 5.01 Å². The number of nitrogens with zero attached hydrogens (tertiary/aromatic N) is 2. The van der Waals surface area contributed by atoms with Gasteiger partial charge in [-0.2, -0.15) is 0 Å². The maximum absolute atomic E-state index is 11.1. The number of nitrogens with one attached hydrogen (secondary N) is 1. The number of thiocarbonyl (C=S) groups is 1. The van der Waals surface area contributed by atoms with Crippen LogP contribution in [0.25, 0.3) is 10.2 Å². The molecule has 1 aliphatic heterocycles. The second-order valence-corrected chi connectivity index (χ2v) is 8.29. The zero-order valence-electron chi connectivity index (χ0n) is 15.8. The average molecular weight is 406 g/mol. The van der Waals surface area contributed by atoms with Crippen LogP contribution >= 0.6 is 23.6 Å². The summed E-state index contributed by atoms with van der Waals surface area (Å²) in [6.45, 7) is 1.82. The van der Waals surface area contributed by atoms with E-state index in [0.29, 0.717) is 6.42 Å². The van der Waals surface area contributed by atoms with Crippen LogP contribution in [0.15, 0.2) is 24.3 Å². The van der Waals surface area contributed by atoms with Gasteiger partial charge in [0.25, 0.3) is 0 Å². The van der Waals surface area contributed by atoms with Crippen molar-refractivity contribution in [3.05, 3.63) is 29.3 Å². The average Bonchev–Trinajstić information content (AvgIpc) is 3.14. The summed E-state index contributed by atoms with van der Waals surface area (Å²) >= 11 is 7.47. The molecule has 27 heavy (non-hydrogen) atoms. The lowest BCUT2D eigenvalue weighted by atomic mass is 10.0. The predicted molar refractivity (Wildman–Crippen MR) is 114 cm³/mol. The summed E-state index contributed by atoms with van der Waals surface area (Å²) in [4.78, 5) is 18.3. The highest BCUT2D eigenvalue weighted by molar-refractivity contribution is 7.80. The van der Waals surface area contributed by atoms with Crippen molar-refractivity contribution in [1.29, 1.82) is 0 Å². The molecule has 1 fully saturated rings. The topological polar surface area (TPSA) is 54.5 Å². The summed E-state index contributed by atoms with van der Waals surface area (Å²) in [7, 11) is 1.43. The van der Waals surface area contributed by atoms with E-state index in [0.717, 1.165) is 54.4 Å². The fourth-order valence-electron chi connectivity index (χ4n) is 3.43. The molecule has 1 saturated heterocycles. The number of rotatable bonds is 7. The molecule has 0 radical (unpaired) electrons. The van der Waals surface area contributed by atoms with Crippen LogP contribution in [0.4, 0.5) is 0 Å². The maximum atomic E-state index is 11.1. The van der Waals surface area contributed by atoms with Crippen molar-refractivity contribution in [3.8, 4) is 0 Å². The molecule has 2 aromatic rings. The van der Waals surface area contributed by atoms with Gasteiger partial charge in [-0.25, -0.2) is 4.98 Å². The molecular formula is C20H27N3O2S2. The van der Waals surface area contributed by atoms with Crippen LogP contribution in [0.2, 0.25) is 0 Å². The molecule has 3 rings (SSSR count).